The van der Waals surface area contributed by atoms with Gasteiger partial charge in [0.2, 0.25) is 5.82 Å². The molecule has 2 aromatic carbocycles. The van der Waals surface area contributed by atoms with Crippen molar-refractivity contribution in [1.29, 1.82) is 0 Å². The Morgan fingerprint density at radius 3 is 2.20 bits per heavy atom. The minimum atomic E-state index is -3.85. The van der Waals surface area contributed by atoms with Gasteiger partial charge in [-0.1, -0.05) is 31.2 Å². The van der Waals surface area contributed by atoms with Crippen LogP contribution in [0.3, 0.4) is 0 Å². The Hall–Kier alpha value is -3.52. The summed E-state index contributed by atoms with van der Waals surface area (Å²) in [6.07, 6.45) is 4.15. The van der Waals surface area contributed by atoms with Crippen LogP contribution in [-0.4, -0.2) is 23.4 Å². The average molecular weight is 420 g/mol. The molecule has 2 aromatic heterocycles. The van der Waals surface area contributed by atoms with Crippen LogP contribution in [-0.2, 0) is 23.1 Å². The zero-order valence-corrected chi connectivity index (χ0v) is 17.1. The van der Waals surface area contributed by atoms with Gasteiger partial charge >= 0.3 is 0 Å². The molecule has 8 heteroatoms. The molecule has 0 fully saturated rings. The van der Waals surface area contributed by atoms with E-state index < -0.39 is 10.0 Å². The summed E-state index contributed by atoms with van der Waals surface area (Å²) in [5.74, 6) is 0.154. The molecule has 1 N–H and O–H groups in total. The number of aromatic nitrogens is 3. The van der Waals surface area contributed by atoms with Crippen LogP contribution >= 0.6 is 0 Å². The monoisotopic (exact) mass is 420 g/mol. The Balaban J connectivity index is 1.68. The minimum Gasteiger partial charge on any atom is -0.470 e. The Bertz CT molecular complexity index is 1260. The highest BCUT2D eigenvalue weighted by Crippen LogP contribution is 2.27. The third kappa shape index (κ3) is 4.38. The third-order valence-electron chi connectivity index (χ3n) is 4.54. The van der Waals surface area contributed by atoms with Crippen LogP contribution in [0, 0.1) is 0 Å². The van der Waals surface area contributed by atoms with Gasteiger partial charge < -0.3 is 4.74 Å². The van der Waals surface area contributed by atoms with Gasteiger partial charge in [0.25, 0.3) is 15.9 Å². The van der Waals surface area contributed by atoms with Crippen molar-refractivity contribution in [3.8, 4) is 5.88 Å². The first-order valence-electron chi connectivity index (χ1n) is 9.45. The Labute approximate surface area is 174 Å². The number of fused-ring (bicyclic) bond motifs is 1. The fraction of sp³-hybridized carbons (Fsp3) is 0.136. The van der Waals surface area contributed by atoms with Crippen LogP contribution in [0.4, 0.5) is 5.82 Å². The SMILES string of the molecule is CCc1ccc(S(=O)(=O)Nc2nc3ccccc3nc2OCc2ccncc2)cc1. The van der Waals surface area contributed by atoms with Crippen molar-refractivity contribution in [2.75, 3.05) is 4.72 Å². The Kier molecular flexibility index (Phi) is 5.58. The molecule has 0 aliphatic rings. The first kappa shape index (κ1) is 19.8. The number of nitrogens with zero attached hydrogens (tertiary/aromatic N) is 3. The van der Waals surface area contributed by atoms with E-state index in [2.05, 4.69) is 19.7 Å². The molecule has 4 rings (SSSR count). The van der Waals surface area contributed by atoms with E-state index in [0.29, 0.717) is 11.0 Å². The zero-order valence-electron chi connectivity index (χ0n) is 16.3. The normalized spacial score (nSPS) is 11.4. The highest BCUT2D eigenvalue weighted by molar-refractivity contribution is 7.92. The molecule has 0 bridgehead atoms. The lowest BCUT2D eigenvalue weighted by Gasteiger charge is -2.13. The van der Waals surface area contributed by atoms with E-state index in [-0.39, 0.29) is 23.2 Å². The number of hydrogen-bond acceptors (Lipinski definition) is 6. The summed E-state index contributed by atoms with van der Waals surface area (Å²) in [7, 11) is -3.85. The van der Waals surface area contributed by atoms with Gasteiger partial charge in [-0.2, -0.15) is 0 Å². The van der Waals surface area contributed by atoms with E-state index >= 15 is 0 Å². The highest BCUT2D eigenvalue weighted by atomic mass is 32.2. The topological polar surface area (TPSA) is 94.1 Å². The van der Waals surface area contributed by atoms with E-state index in [1.54, 1.807) is 48.8 Å². The molecule has 0 aliphatic heterocycles. The van der Waals surface area contributed by atoms with Crippen molar-refractivity contribution in [2.24, 2.45) is 0 Å². The molecule has 0 atom stereocenters. The van der Waals surface area contributed by atoms with Crippen LogP contribution < -0.4 is 9.46 Å². The fourth-order valence-electron chi connectivity index (χ4n) is 2.87. The summed E-state index contributed by atoms with van der Waals surface area (Å²) in [6, 6.07) is 17.6. The molecule has 0 spiro atoms. The van der Waals surface area contributed by atoms with Crippen molar-refractivity contribution in [3.05, 3.63) is 84.2 Å². The minimum absolute atomic E-state index is 0.0438. The number of rotatable bonds is 7. The van der Waals surface area contributed by atoms with Gasteiger partial charge in [-0.25, -0.2) is 18.4 Å². The predicted octanol–water partition coefficient (Wildman–Crippen LogP) is 3.97. The first-order chi connectivity index (χ1) is 14.5. The largest absolute Gasteiger partial charge is 0.470 e. The molecule has 30 heavy (non-hydrogen) atoms. The van der Waals surface area contributed by atoms with Crippen LogP contribution in [0.25, 0.3) is 11.0 Å². The molecule has 0 saturated heterocycles. The third-order valence-corrected chi connectivity index (χ3v) is 5.89. The summed E-state index contributed by atoms with van der Waals surface area (Å²) in [4.78, 5) is 13.0. The van der Waals surface area contributed by atoms with Gasteiger partial charge in [-0.05, 0) is 53.9 Å². The molecule has 4 aromatic rings. The summed E-state index contributed by atoms with van der Waals surface area (Å²) >= 11 is 0. The van der Waals surface area contributed by atoms with Gasteiger partial charge in [0.15, 0.2) is 0 Å². The van der Waals surface area contributed by atoms with E-state index in [1.165, 1.54) is 0 Å². The van der Waals surface area contributed by atoms with Gasteiger partial charge in [0.1, 0.15) is 6.61 Å². The van der Waals surface area contributed by atoms with E-state index in [9.17, 15) is 8.42 Å². The van der Waals surface area contributed by atoms with Gasteiger partial charge in [-0.3, -0.25) is 9.71 Å². The van der Waals surface area contributed by atoms with Crippen LogP contribution in [0.15, 0.2) is 78.0 Å². The van der Waals surface area contributed by atoms with Crippen molar-refractivity contribution in [1.82, 2.24) is 15.0 Å². The molecule has 0 saturated carbocycles. The lowest BCUT2D eigenvalue weighted by molar-refractivity contribution is 0.295. The highest BCUT2D eigenvalue weighted by Gasteiger charge is 2.20. The quantitative estimate of drug-likeness (QED) is 0.486. The molecule has 0 amide bonds. The fourth-order valence-corrected chi connectivity index (χ4v) is 3.87. The maximum Gasteiger partial charge on any atom is 0.263 e. The van der Waals surface area contributed by atoms with Gasteiger partial charge in [0.05, 0.1) is 15.9 Å². The molecule has 0 aliphatic carbocycles. The van der Waals surface area contributed by atoms with Crippen LogP contribution in [0.5, 0.6) is 5.88 Å². The molecule has 0 unspecified atom stereocenters. The number of para-hydroxylation sites is 2. The number of aryl methyl sites for hydroxylation is 1. The standard InChI is InChI=1S/C22H20N4O3S/c1-2-16-7-9-18(10-8-16)30(27,28)26-21-22(29-15-17-11-13-23-14-12-17)25-20-6-4-3-5-19(20)24-21/h3-14H,2,15H2,1H3,(H,24,26). The summed E-state index contributed by atoms with van der Waals surface area (Å²) in [6.45, 7) is 2.22. The predicted molar refractivity (Wildman–Crippen MR) is 115 cm³/mol. The second-order valence-electron chi connectivity index (χ2n) is 6.61. The molecular weight excluding hydrogens is 400 g/mol. The van der Waals surface area contributed by atoms with Crippen LogP contribution in [0.2, 0.25) is 0 Å². The lowest BCUT2D eigenvalue weighted by Crippen LogP contribution is -2.16. The number of ether oxygens (including phenoxy) is 1. The van der Waals surface area contributed by atoms with Crippen molar-refractivity contribution < 1.29 is 13.2 Å². The molecule has 0 radical (unpaired) electrons. The summed E-state index contributed by atoms with van der Waals surface area (Å²) in [5, 5.41) is 0. The Morgan fingerprint density at radius 2 is 1.53 bits per heavy atom. The number of hydrogen-bond donors (Lipinski definition) is 1. The number of sulfonamides is 1. The van der Waals surface area contributed by atoms with E-state index in [1.807, 2.05) is 31.2 Å². The van der Waals surface area contributed by atoms with Crippen LogP contribution in [0.1, 0.15) is 18.1 Å². The first-order valence-corrected chi connectivity index (χ1v) is 10.9. The smallest absolute Gasteiger partial charge is 0.263 e. The van der Waals surface area contributed by atoms with E-state index in [4.69, 9.17) is 4.74 Å². The molecule has 2 heterocycles. The zero-order chi connectivity index (χ0) is 21.0. The second kappa shape index (κ2) is 8.46. The van der Waals surface area contributed by atoms with E-state index in [0.717, 1.165) is 17.5 Å². The summed E-state index contributed by atoms with van der Waals surface area (Å²) < 4.78 is 34.2. The second-order valence-corrected chi connectivity index (χ2v) is 8.30. The number of nitrogens with one attached hydrogen (secondary N) is 1. The van der Waals surface area contributed by atoms with Gasteiger partial charge in [-0.15, -0.1) is 0 Å². The van der Waals surface area contributed by atoms with Crippen molar-refractivity contribution >= 4 is 26.9 Å². The average Bonchev–Trinajstić information content (AvgIpc) is 2.78. The van der Waals surface area contributed by atoms with Crippen molar-refractivity contribution in [3.63, 3.8) is 0 Å². The Morgan fingerprint density at radius 1 is 0.867 bits per heavy atom. The molecule has 152 valence electrons. The lowest BCUT2D eigenvalue weighted by atomic mass is 10.2. The summed E-state index contributed by atoms with van der Waals surface area (Å²) in [5.41, 5.74) is 3.11. The maximum absolute atomic E-state index is 12.9. The number of anilines is 1. The van der Waals surface area contributed by atoms with Gasteiger partial charge in [0, 0.05) is 12.4 Å². The van der Waals surface area contributed by atoms with Crippen molar-refractivity contribution in [2.45, 2.75) is 24.8 Å². The molecule has 7 nitrogen and oxygen atoms in total. The number of benzene rings is 2. The maximum atomic E-state index is 12.9. The molecular formula is C22H20N4O3S. The number of pyridine rings is 1.